The zero-order valence-corrected chi connectivity index (χ0v) is 12.4. The zero-order valence-electron chi connectivity index (χ0n) is 12.4. The monoisotopic (exact) mass is 291 g/mol. The summed E-state index contributed by atoms with van der Waals surface area (Å²) in [5.41, 5.74) is 5.68. The van der Waals surface area contributed by atoms with Crippen LogP contribution in [0.2, 0.25) is 0 Å². The third-order valence-electron chi connectivity index (χ3n) is 4.15. The molecule has 1 aromatic carbocycles. The van der Waals surface area contributed by atoms with E-state index in [0.29, 0.717) is 12.0 Å². The highest BCUT2D eigenvalue weighted by molar-refractivity contribution is 5.61. The second kappa shape index (κ2) is 5.26. The Morgan fingerprint density at radius 2 is 1.91 bits per heavy atom. The largest absolute Gasteiger partial charge is 0.351 e. The van der Waals surface area contributed by atoms with Crippen LogP contribution in [0, 0.1) is 6.92 Å². The van der Waals surface area contributed by atoms with Crippen molar-refractivity contribution >= 4 is 5.95 Å². The maximum Gasteiger partial charge on any atom is 0.223 e. The van der Waals surface area contributed by atoms with E-state index in [4.69, 9.17) is 0 Å². The van der Waals surface area contributed by atoms with Gasteiger partial charge in [0.05, 0.1) is 11.4 Å². The van der Waals surface area contributed by atoms with Crippen molar-refractivity contribution in [3.8, 4) is 11.3 Å². The molecule has 2 aromatic heterocycles. The quantitative estimate of drug-likeness (QED) is 0.778. The van der Waals surface area contributed by atoms with E-state index in [9.17, 15) is 0 Å². The molecule has 1 aliphatic carbocycles. The van der Waals surface area contributed by atoms with Gasteiger partial charge in [0.2, 0.25) is 5.95 Å². The van der Waals surface area contributed by atoms with Crippen LogP contribution in [0.15, 0.2) is 42.7 Å². The summed E-state index contributed by atoms with van der Waals surface area (Å²) in [4.78, 5) is 8.97. The first-order valence-corrected chi connectivity index (χ1v) is 7.47. The lowest BCUT2D eigenvalue weighted by Crippen LogP contribution is -2.21. The molecule has 0 amide bonds. The van der Waals surface area contributed by atoms with Gasteiger partial charge in [-0.1, -0.05) is 24.3 Å². The number of aromatic amines is 1. The number of hydrogen-bond acceptors (Lipinski definition) is 4. The molecule has 0 unspecified atom stereocenters. The Balaban J connectivity index is 1.54. The molecule has 0 saturated carbocycles. The van der Waals surface area contributed by atoms with E-state index in [1.807, 2.05) is 19.2 Å². The lowest BCUT2D eigenvalue weighted by Gasteiger charge is -2.12. The predicted molar refractivity (Wildman–Crippen MR) is 85.6 cm³/mol. The van der Waals surface area contributed by atoms with Gasteiger partial charge in [0.1, 0.15) is 0 Å². The highest BCUT2D eigenvalue weighted by Gasteiger charge is 2.21. The molecule has 3 aromatic rings. The molecule has 0 spiro atoms. The first-order chi connectivity index (χ1) is 10.8. The van der Waals surface area contributed by atoms with Crippen molar-refractivity contribution in [2.24, 2.45) is 0 Å². The first kappa shape index (κ1) is 13.0. The van der Waals surface area contributed by atoms with Crippen LogP contribution >= 0.6 is 0 Å². The van der Waals surface area contributed by atoms with Crippen molar-refractivity contribution in [3.63, 3.8) is 0 Å². The summed E-state index contributed by atoms with van der Waals surface area (Å²) >= 11 is 0. The molecule has 2 N–H and O–H groups in total. The summed E-state index contributed by atoms with van der Waals surface area (Å²) in [5, 5.41) is 10.5. The number of rotatable bonds is 3. The molecule has 4 rings (SSSR count). The fraction of sp³-hybridized carbons (Fsp3) is 0.235. The Kier molecular flexibility index (Phi) is 3.11. The molecule has 5 nitrogen and oxygen atoms in total. The number of H-pyrrole nitrogens is 1. The van der Waals surface area contributed by atoms with E-state index in [1.165, 1.54) is 11.1 Å². The minimum Gasteiger partial charge on any atom is -0.351 e. The molecule has 0 saturated heterocycles. The molecule has 110 valence electrons. The minimum absolute atomic E-state index is 0.359. The fourth-order valence-corrected chi connectivity index (χ4v) is 3.04. The Morgan fingerprint density at radius 3 is 2.59 bits per heavy atom. The number of benzene rings is 1. The Bertz CT molecular complexity index is 783. The van der Waals surface area contributed by atoms with Crippen LogP contribution in [-0.2, 0) is 12.8 Å². The molecule has 0 bridgehead atoms. The van der Waals surface area contributed by atoms with E-state index < -0.39 is 0 Å². The Hall–Kier alpha value is -2.69. The van der Waals surface area contributed by atoms with Gasteiger partial charge in [0.25, 0.3) is 0 Å². The fourth-order valence-electron chi connectivity index (χ4n) is 3.04. The summed E-state index contributed by atoms with van der Waals surface area (Å²) in [7, 11) is 0. The van der Waals surface area contributed by atoms with E-state index in [0.717, 1.165) is 29.8 Å². The number of aryl methyl sites for hydroxylation is 1. The van der Waals surface area contributed by atoms with E-state index in [2.05, 4.69) is 49.7 Å². The smallest absolute Gasteiger partial charge is 0.223 e. The van der Waals surface area contributed by atoms with Crippen molar-refractivity contribution in [1.82, 2.24) is 20.2 Å². The summed E-state index contributed by atoms with van der Waals surface area (Å²) in [6.45, 7) is 1.97. The van der Waals surface area contributed by atoms with Gasteiger partial charge in [-0.25, -0.2) is 9.97 Å². The molecule has 0 aliphatic heterocycles. The number of hydrogen-bond donors (Lipinski definition) is 2. The van der Waals surface area contributed by atoms with Crippen molar-refractivity contribution in [3.05, 3.63) is 59.5 Å². The maximum absolute atomic E-state index is 4.62. The van der Waals surface area contributed by atoms with E-state index >= 15 is 0 Å². The van der Waals surface area contributed by atoms with Gasteiger partial charge in [-0.05, 0) is 37.0 Å². The topological polar surface area (TPSA) is 66.5 Å². The normalized spacial score (nSPS) is 14.0. The minimum atomic E-state index is 0.359. The molecular formula is C17H17N5. The summed E-state index contributed by atoms with van der Waals surface area (Å²) in [5.74, 6) is 0.677. The van der Waals surface area contributed by atoms with E-state index in [-0.39, 0.29) is 0 Å². The second-order valence-corrected chi connectivity index (χ2v) is 5.67. The van der Waals surface area contributed by atoms with Gasteiger partial charge in [-0.15, -0.1) is 0 Å². The van der Waals surface area contributed by atoms with Crippen LogP contribution in [0.25, 0.3) is 11.3 Å². The van der Waals surface area contributed by atoms with Gasteiger partial charge >= 0.3 is 0 Å². The molecule has 0 fully saturated rings. The number of anilines is 1. The molecule has 22 heavy (non-hydrogen) atoms. The number of fused-ring (bicyclic) bond motifs is 1. The number of nitrogens with zero attached hydrogens (tertiary/aromatic N) is 3. The standard InChI is InChI=1S/C17H17N5/c1-11-15(10-19-22-11)16-6-7-18-17(21-16)20-14-8-12-4-2-3-5-13(12)9-14/h2-7,10,14H,8-9H2,1H3,(H,19,22)(H,18,20,21). The highest BCUT2D eigenvalue weighted by Crippen LogP contribution is 2.24. The van der Waals surface area contributed by atoms with Crippen LogP contribution in [-0.4, -0.2) is 26.2 Å². The van der Waals surface area contributed by atoms with Crippen LogP contribution in [0.5, 0.6) is 0 Å². The summed E-state index contributed by atoms with van der Waals surface area (Å²) in [6.07, 6.45) is 5.70. The van der Waals surface area contributed by atoms with Gasteiger partial charge in [0.15, 0.2) is 0 Å². The van der Waals surface area contributed by atoms with Gasteiger partial charge in [-0.3, -0.25) is 5.10 Å². The van der Waals surface area contributed by atoms with Crippen LogP contribution in [0.4, 0.5) is 5.95 Å². The first-order valence-electron chi connectivity index (χ1n) is 7.47. The Morgan fingerprint density at radius 1 is 1.14 bits per heavy atom. The van der Waals surface area contributed by atoms with Crippen molar-refractivity contribution in [2.45, 2.75) is 25.8 Å². The molecule has 2 heterocycles. The lowest BCUT2D eigenvalue weighted by atomic mass is 10.1. The van der Waals surface area contributed by atoms with Gasteiger partial charge < -0.3 is 5.32 Å². The Labute approximate surface area is 128 Å². The zero-order chi connectivity index (χ0) is 14.9. The summed E-state index contributed by atoms with van der Waals surface area (Å²) in [6, 6.07) is 10.9. The molecular weight excluding hydrogens is 274 g/mol. The highest BCUT2D eigenvalue weighted by atomic mass is 15.1. The molecule has 5 heteroatoms. The van der Waals surface area contributed by atoms with Crippen molar-refractivity contribution in [2.75, 3.05) is 5.32 Å². The van der Waals surface area contributed by atoms with Crippen molar-refractivity contribution in [1.29, 1.82) is 0 Å². The second-order valence-electron chi connectivity index (χ2n) is 5.67. The van der Waals surface area contributed by atoms with Crippen LogP contribution in [0.3, 0.4) is 0 Å². The van der Waals surface area contributed by atoms with E-state index in [1.54, 1.807) is 6.20 Å². The predicted octanol–water partition coefficient (Wildman–Crippen LogP) is 2.75. The van der Waals surface area contributed by atoms with Crippen LogP contribution < -0.4 is 5.32 Å². The molecule has 0 radical (unpaired) electrons. The van der Waals surface area contributed by atoms with Gasteiger partial charge in [0, 0.05) is 24.0 Å². The number of nitrogens with one attached hydrogen (secondary N) is 2. The molecule has 0 atom stereocenters. The third-order valence-corrected chi connectivity index (χ3v) is 4.15. The average molecular weight is 291 g/mol. The average Bonchev–Trinajstić information content (AvgIpc) is 3.12. The SMILES string of the molecule is Cc1n[nH]cc1-c1ccnc(NC2Cc3ccccc3C2)n1. The third kappa shape index (κ3) is 2.35. The van der Waals surface area contributed by atoms with Crippen LogP contribution in [0.1, 0.15) is 16.8 Å². The lowest BCUT2D eigenvalue weighted by molar-refractivity contribution is 0.762. The van der Waals surface area contributed by atoms with Gasteiger partial charge in [-0.2, -0.15) is 5.10 Å². The maximum atomic E-state index is 4.62. The summed E-state index contributed by atoms with van der Waals surface area (Å²) < 4.78 is 0. The molecule has 1 aliphatic rings. The number of aromatic nitrogens is 4. The van der Waals surface area contributed by atoms with Crippen molar-refractivity contribution < 1.29 is 0 Å².